The zero-order valence-corrected chi connectivity index (χ0v) is 9.28. The molecule has 0 fully saturated rings. The maximum Gasteiger partial charge on any atom is 0.249 e. The molecule has 2 aromatic carbocycles. The van der Waals surface area contributed by atoms with E-state index in [1.54, 1.807) is 18.2 Å². The number of phenolic OH excluding ortho intramolecular Hbond substituents is 1. The van der Waals surface area contributed by atoms with Crippen molar-refractivity contribution in [2.24, 2.45) is 5.73 Å². The van der Waals surface area contributed by atoms with Crippen molar-refractivity contribution in [1.29, 1.82) is 0 Å². The van der Waals surface area contributed by atoms with Crippen molar-refractivity contribution in [2.75, 3.05) is 0 Å². The third kappa shape index (κ3) is 1.57. The summed E-state index contributed by atoms with van der Waals surface area (Å²) in [5.74, 6) is -0.331. The Morgan fingerprint density at radius 1 is 1.20 bits per heavy atom. The van der Waals surface area contributed by atoms with E-state index < -0.39 is 5.91 Å². The van der Waals surface area contributed by atoms with Gasteiger partial charge in [-0.05, 0) is 39.5 Å². The number of halogens is 1. The van der Waals surface area contributed by atoms with Crippen molar-refractivity contribution in [3.63, 3.8) is 0 Å². The molecule has 3 N–H and O–H groups in total. The van der Waals surface area contributed by atoms with Gasteiger partial charge in [-0.1, -0.05) is 12.1 Å². The zero-order valence-electron chi connectivity index (χ0n) is 7.70. The van der Waals surface area contributed by atoms with Crippen LogP contribution >= 0.6 is 15.9 Å². The molecule has 2 aromatic rings. The summed E-state index contributed by atoms with van der Waals surface area (Å²) in [5, 5.41) is 11.0. The molecule has 0 saturated heterocycles. The van der Waals surface area contributed by atoms with E-state index in [1.165, 1.54) is 6.07 Å². The number of hydrogen-bond acceptors (Lipinski definition) is 2. The molecule has 0 aromatic heterocycles. The molecule has 0 aliphatic rings. The summed E-state index contributed by atoms with van der Waals surface area (Å²) in [6, 6.07) is 8.40. The molecule has 4 heteroatoms. The van der Waals surface area contributed by atoms with Crippen LogP contribution < -0.4 is 5.73 Å². The minimum atomic E-state index is -0.474. The molecule has 0 atom stereocenters. The first-order valence-electron chi connectivity index (χ1n) is 4.31. The van der Waals surface area contributed by atoms with Gasteiger partial charge in [-0.2, -0.15) is 0 Å². The highest BCUT2D eigenvalue weighted by atomic mass is 79.9. The summed E-state index contributed by atoms with van der Waals surface area (Å²) in [7, 11) is 0. The maximum absolute atomic E-state index is 11.2. The van der Waals surface area contributed by atoms with Gasteiger partial charge in [0.25, 0.3) is 0 Å². The fourth-order valence-electron chi connectivity index (χ4n) is 1.52. The van der Waals surface area contributed by atoms with E-state index in [4.69, 9.17) is 5.73 Å². The first kappa shape index (κ1) is 9.98. The normalized spacial score (nSPS) is 10.5. The molecule has 0 aliphatic heterocycles. The van der Waals surface area contributed by atoms with Crippen LogP contribution in [0, 0.1) is 0 Å². The number of rotatable bonds is 1. The van der Waals surface area contributed by atoms with Crippen LogP contribution in [0.5, 0.6) is 5.75 Å². The average molecular weight is 266 g/mol. The lowest BCUT2D eigenvalue weighted by atomic mass is 10.0. The molecular weight excluding hydrogens is 258 g/mol. The average Bonchev–Trinajstić information content (AvgIpc) is 2.23. The molecule has 0 saturated carbocycles. The number of primary amides is 1. The molecule has 0 spiro atoms. The van der Waals surface area contributed by atoms with E-state index in [-0.39, 0.29) is 5.75 Å². The number of amides is 1. The zero-order chi connectivity index (χ0) is 11.0. The van der Waals surface area contributed by atoms with Gasteiger partial charge in [0.05, 0.1) is 4.47 Å². The second-order valence-electron chi connectivity index (χ2n) is 3.16. The summed E-state index contributed by atoms with van der Waals surface area (Å²) in [4.78, 5) is 11.2. The smallest absolute Gasteiger partial charge is 0.249 e. The molecule has 0 aliphatic carbocycles. The highest BCUT2D eigenvalue weighted by Crippen LogP contribution is 2.33. The van der Waals surface area contributed by atoms with Crippen molar-refractivity contribution in [3.8, 4) is 5.75 Å². The standard InChI is InChI=1S/C11H8BrNO2/c12-10-7-2-1-3-8(11(13)15)6(7)4-5-9(10)14/h1-5,14H,(H2,13,15). The summed E-state index contributed by atoms with van der Waals surface area (Å²) in [5.41, 5.74) is 5.70. The van der Waals surface area contributed by atoms with Crippen molar-refractivity contribution in [2.45, 2.75) is 0 Å². The highest BCUT2D eigenvalue weighted by molar-refractivity contribution is 9.10. The first-order valence-corrected chi connectivity index (χ1v) is 5.10. The molecule has 0 heterocycles. The van der Waals surface area contributed by atoms with Gasteiger partial charge < -0.3 is 10.8 Å². The molecular formula is C11H8BrNO2. The number of hydrogen-bond donors (Lipinski definition) is 2. The van der Waals surface area contributed by atoms with E-state index in [0.29, 0.717) is 10.0 Å². The fraction of sp³-hybridized carbons (Fsp3) is 0. The SMILES string of the molecule is NC(=O)c1cccc2c(Br)c(O)ccc12. The second-order valence-corrected chi connectivity index (χ2v) is 3.96. The number of phenols is 1. The van der Waals surface area contributed by atoms with Gasteiger partial charge in [0, 0.05) is 10.9 Å². The van der Waals surface area contributed by atoms with Crippen molar-refractivity contribution in [1.82, 2.24) is 0 Å². The number of carbonyl (C=O) groups excluding carboxylic acids is 1. The topological polar surface area (TPSA) is 63.3 Å². The largest absolute Gasteiger partial charge is 0.507 e. The van der Waals surface area contributed by atoms with Crippen LogP contribution in [-0.2, 0) is 0 Å². The Labute approximate surface area is 94.6 Å². The summed E-state index contributed by atoms with van der Waals surface area (Å²) in [6.45, 7) is 0. The fourth-order valence-corrected chi connectivity index (χ4v) is 2.00. The Hall–Kier alpha value is -1.55. The van der Waals surface area contributed by atoms with Crippen molar-refractivity contribution in [3.05, 3.63) is 40.4 Å². The van der Waals surface area contributed by atoms with E-state index in [2.05, 4.69) is 15.9 Å². The molecule has 0 unspecified atom stereocenters. The molecule has 2 rings (SSSR count). The second kappa shape index (κ2) is 3.55. The Morgan fingerprint density at radius 3 is 2.60 bits per heavy atom. The minimum absolute atomic E-state index is 0.143. The first-order chi connectivity index (χ1) is 7.11. The van der Waals surface area contributed by atoms with Crippen molar-refractivity contribution >= 4 is 32.6 Å². The van der Waals surface area contributed by atoms with Crippen LogP contribution in [0.3, 0.4) is 0 Å². The molecule has 15 heavy (non-hydrogen) atoms. The third-order valence-electron chi connectivity index (χ3n) is 2.24. The maximum atomic E-state index is 11.2. The van der Waals surface area contributed by atoms with Crippen LogP contribution in [0.2, 0.25) is 0 Å². The van der Waals surface area contributed by atoms with Crippen molar-refractivity contribution < 1.29 is 9.90 Å². The predicted molar refractivity (Wildman–Crippen MR) is 61.8 cm³/mol. The van der Waals surface area contributed by atoms with Gasteiger partial charge in [-0.25, -0.2) is 0 Å². The summed E-state index contributed by atoms with van der Waals surface area (Å²) >= 11 is 3.26. The molecule has 1 amide bonds. The van der Waals surface area contributed by atoms with Gasteiger partial charge in [-0.3, -0.25) is 4.79 Å². The lowest BCUT2D eigenvalue weighted by Crippen LogP contribution is -2.11. The Balaban J connectivity index is 2.89. The van der Waals surface area contributed by atoms with Gasteiger partial charge in [-0.15, -0.1) is 0 Å². The monoisotopic (exact) mass is 265 g/mol. The van der Waals surface area contributed by atoms with Gasteiger partial charge in [0.15, 0.2) is 0 Å². The van der Waals surface area contributed by atoms with Crippen LogP contribution in [0.1, 0.15) is 10.4 Å². The molecule has 0 radical (unpaired) electrons. The van der Waals surface area contributed by atoms with Crippen LogP contribution in [0.4, 0.5) is 0 Å². The Bertz CT molecular complexity index is 552. The van der Waals surface area contributed by atoms with Gasteiger partial charge in [0.1, 0.15) is 5.75 Å². The predicted octanol–water partition coefficient (Wildman–Crippen LogP) is 2.41. The van der Waals surface area contributed by atoms with Crippen LogP contribution in [-0.4, -0.2) is 11.0 Å². The molecule has 0 bridgehead atoms. The van der Waals surface area contributed by atoms with Crippen LogP contribution in [0.25, 0.3) is 10.8 Å². The number of benzene rings is 2. The number of fused-ring (bicyclic) bond motifs is 1. The number of carbonyl (C=O) groups is 1. The Kier molecular flexibility index (Phi) is 2.36. The van der Waals surface area contributed by atoms with E-state index in [0.717, 1.165) is 10.8 Å². The molecule has 3 nitrogen and oxygen atoms in total. The van der Waals surface area contributed by atoms with Gasteiger partial charge in [0.2, 0.25) is 5.91 Å². The summed E-state index contributed by atoms with van der Waals surface area (Å²) in [6.07, 6.45) is 0. The van der Waals surface area contributed by atoms with E-state index in [1.807, 2.05) is 6.07 Å². The lowest BCUT2D eigenvalue weighted by molar-refractivity contribution is 0.100. The Morgan fingerprint density at radius 2 is 1.93 bits per heavy atom. The quantitative estimate of drug-likeness (QED) is 0.832. The van der Waals surface area contributed by atoms with E-state index in [9.17, 15) is 9.90 Å². The van der Waals surface area contributed by atoms with Crippen LogP contribution in [0.15, 0.2) is 34.8 Å². The highest BCUT2D eigenvalue weighted by Gasteiger charge is 2.09. The number of nitrogens with two attached hydrogens (primary N) is 1. The molecule has 76 valence electrons. The lowest BCUT2D eigenvalue weighted by Gasteiger charge is -2.06. The minimum Gasteiger partial charge on any atom is -0.507 e. The number of aromatic hydroxyl groups is 1. The third-order valence-corrected chi connectivity index (χ3v) is 3.07. The van der Waals surface area contributed by atoms with E-state index >= 15 is 0 Å². The summed E-state index contributed by atoms with van der Waals surface area (Å²) < 4.78 is 0.572. The van der Waals surface area contributed by atoms with Gasteiger partial charge >= 0.3 is 0 Å².